The van der Waals surface area contributed by atoms with Crippen molar-refractivity contribution >= 4 is 17.4 Å². The molecule has 0 spiro atoms. The average Bonchev–Trinajstić information content (AvgIpc) is 2.53. The lowest BCUT2D eigenvalue weighted by Gasteiger charge is -2.36. The lowest BCUT2D eigenvalue weighted by Crippen LogP contribution is -2.42. The number of nitrogens with zero attached hydrogens (tertiary/aromatic N) is 2. The van der Waals surface area contributed by atoms with E-state index in [4.69, 9.17) is 10.9 Å². The van der Waals surface area contributed by atoms with Gasteiger partial charge in [-0.15, -0.1) is 0 Å². The SMILES string of the molecule is CN(C(=O)C1(C)CCCCC1)c1ccccc1/C(N)=N/O. The number of rotatable bonds is 3. The first kappa shape index (κ1) is 15.4. The fraction of sp³-hybridized carbons (Fsp3) is 0.500. The zero-order valence-electron chi connectivity index (χ0n) is 12.7. The molecule has 1 saturated carbocycles. The highest BCUT2D eigenvalue weighted by Crippen LogP contribution is 2.38. The van der Waals surface area contributed by atoms with Crippen molar-refractivity contribution in [1.82, 2.24) is 0 Å². The standard InChI is InChI=1S/C16H23N3O2/c1-16(10-6-3-7-11-16)15(20)19(2)13-9-5-4-8-12(13)14(17)18-21/h4-5,8-9,21H,3,6-7,10-11H2,1-2H3,(H2,17,18). The molecular formula is C16H23N3O2. The zero-order valence-corrected chi connectivity index (χ0v) is 12.7. The molecule has 21 heavy (non-hydrogen) atoms. The summed E-state index contributed by atoms with van der Waals surface area (Å²) in [6.45, 7) is 2.04. The van der Waals surface area contributed by atoms with Crippen molar-refractivity contribution in [2.75, 3.05) is 11.9 Å². The second-order valence-electron chi connectivity index (χ2n) is 5.99. The van der Waals surface area contributed by atoms with E-state index in [9.17, 15) is 4.79 Å². The molecule has 0 radical (unpaired) electrons. The molecule has 2 rings (SSSR count). The van der Waals surface area contributed by atoms with E-state index in [-0.39, 0.29) is 17.2 Å². The molecule has 114 valence electrons. The van der Waals surface area contributed by atoms with Crippen molar-refractivity contribution in [3.63, 3.8) is 0 Å². The topological polar surface area (TPSA) is 78.9 Å². The minimum Gasteiger partial charge on any atom is -0.409 e. The van der Waals surface area contributed by atoms with Gasteiger partial charge in [-0.1, -0.05) is 43.5 Å². The molecule has 1 aliphatic carbocycles. The number of amides is 1. The highest BCUT2D eigenvalue weighted by Gasteiger charge is 2.37. The Morgan fingerprint density at radius 1 is 1.29 bits per heavy atom. The average molecular weight is 289 g/mol. The van der Waals surface area contributed by atoms with Crippen LogP contribution in [0.2, 0.25) is 0 Å². The molecule has 1 aromatic rings. The quantitative estimate of drug-likeness (QED) is 0.388. The van der Waals surface area contributed by atoms with Crippen LogP contribution in [0.25, 0.3) is 0 Å². The van der Waals surface area contributed by atoms with E-state index in [1.54, 1.807) is 24.1 Å². The predicted octanol–water partition coefficient (Wildman–Crippen LogP) is 2.71. The molecule has 1 amide bonds. The van der Waals surface area contributed by atoms with Gasteiger partial charge in [0, 0.05) is 18.0 Å². The highest BCUT2D eigenvalue weighted by molar-refractivity contribution is 6.07. The third-order valence-corrected chi connectivity index (χ3v) is 4.43. The van der Waals surface area contributed by atoms with Crippen molar-refractivity contribution in [2.24, 2.45) is 16.3 Å². The second-order valence-corrected chi connectivity index (χ2v) is 5.99. The molecule has 3 N–H and O–H groups in total. The Balaban J connectivity index is 2.32. The second kappa shape index (κ2) is 6.16. The summed E-state index contributed by atoms with van der Waals surface area (Å²) in [5, 5.41) is 11.9. The molecule has 0 aromatic heterocycles. The third kappa shape index (κ3) is 3.01. The van der Waals surface area contributed by atoms with Crippen molar-refractivity contribution in [3.8, 4) is 0 Å². The Labute approximate surface area is 125 Å². The number of anilines is 1. The summed E-state index contributed by atoms with van der Waals surface area (Å²) in [5.41, 5.74) is 6.63. The van der Waals surface area contributed by atoms with Crippen LogP contribution in [-0.2, 0) is 4.79 Å². The van der Waals surface area contributed by atoms with Gasteiger partial charge in [-0.05, 0) is 25.0 Å². The normalized spacial score (nSPS) is 18.3. The Morgan fingerprint density at radius 3 is 2.52 bits per heavy atom. The largest absolute Gasteiger partial charge is 0.409 e. The molecule has 0 atom stereocenters. The summed E-state index contributed by atoms with van der Waals surface area (Å²) in [5.74, 6) is 0.111. The van der Waals surface area contributed by atoms with Gasteiger partial charge in [0.25, 0.3) is 0 Å². The summed E-state index contributed by atoms with van der Waals surface area (Å²) in [6.07, 6.45) is 5.23. The fourth-order valence-electron chi connectivity index (χ4n) is 3.10. The van der Waals surface area contributed by atoms with Gasteiger partial charge in [0.15, 0.2) is 5.84 Å². The molecule has 1 fully saturated rings. The van der Waals surface area contributed by atoms with Crippen molar-refractivity contribution in [2.45, 2.75) is 39.0 Å². The number of hydrogen-bond acceptors (Lipinski definition) is 3. The van der Waals surface area contributed by atoms with Crippen LogP contribution in [0, 0.1) is 5.41 Å². The maximum Gasteiger partial charge on any atom is 0.232 e. The highest BCUT2D eigenvalue weighted by atomic mass is 16.4. The monoisotopic (exact) mass is 289 g/mol. The minimum absolute atomic E-state index is 0.0130. The van der Waals surface area contributed by atoms with E-state index < -0.39 is 0 Å². The molecular weight excluding hydrogens is 266 g/mol. The van der Waals surface area contributed by atoms with Crippen molar-refractivity contribution in [3.05, 3.63) is 29.8 Å². The van der Waals surface area contributed by atoms with Gasteiger partial charge < -0.3 is 15.8 Å². The first-order valence-corrected chi connectivity index (χ1v) is 7.35. The molecule has 1 aliphatic rings. The van der Waals surface area contributed by atoms with Crippen LogP contribution in [0.1, 0.15) is 44.6 Å². The Morgan fingerprint density at radius 2 is 1.90 bits per heavy atom. The van der Waals surface area contributed by atoms with Crippen molar-refractivity contribution in [1.29, 1.82) is 0 Å². The van der Waals surface area contributed by atoms with E-state index in [0.717, 1.165) is 25.7 Å². The summed E-state index contributed by atoms with van der Waals surface area (Å²) in [6, 6.07) is 7.21. The van der Waals surface area contributed by atoms with E-state index in [0.29, 0.717) is 11.3 Å². The third-order valence-electron chi connectivity index (χ3n) is 4.43. The maximum atomic E-state index is 12.9. The molecule has 5 heteroatoms. The smallest absolute Gasteiger partial charge is 0.232 e. The van der Waals surface area contributed by atoms with Gasteiger partial charge in [0.1, 0.15) is 0 Å². The molecule has 1 aromatic carbocycles. The lowest BCUT2D eigenvalue weighted by molar-refractivity contribution is -0.128. The van der Waals surface area contributed by atoms with Crippen LogP contribution in [0.4, 0.5) is 5.69 Å². The Kier molecular flexibility index (Phi) is 4.50. The molecule has 5 nitrogen and oxygen atoms in total. The number of nitrogens with two attached hydrogens (primary N) is 1. The minimum atomic E-state index is -0.314. The number of carbonyl (C=O) groups is 1. The van der Waals surface area contributed by atoms with Gasteiger partial charge in [0.2, 0.25) is 5.91 Å². The van der Waals surface area contributed by atoms with Gasteiger partial charge in [-0.3, -0.25) is 4.79 Å². The lowest BCUT2D eigenvalue weighted by atomic mass is 9.74. The van der Waals surface area contributed by atoms with Crippen LogP contribution in [-0.4, -0.2) is 24.0 Å². The van der Waals surface area contributed by atoms with Crippen LogP contribution in [0.3, 0.4) is 0 Å². The first-order chi connectivity index (χ1) is 9.99. The van der Waals surface area contributed by atoms with E-state index in [1.807, 2.05) is 19.1 Å². The molecule has 0 bridgehead atoms. The Hall–Kier alpha value is -2.04. The zero-order chi connectivity index (χ0) is 15.5. The summed E-state index contributed by atoms with van der Waals surface area (Å²) < 4.78 is 0. The molecule has 0 unspecified atom stereocenters. The number of oxime groups is 1. The predicted molar refractivity (Wildman–Crippen MR) is 83.6 cm³/mol. The first-order valence-electron chi connectivity index (χ1n) is 7.35. The number of carbonyl (C=O) groups excluding carboxylic acids is 1. The van der Waals surface area contributed by atoms with Crippen LogP contribution < -0.4 is 10.6 Å². The van der Waals surface area contributed by atoms with E-state index in [1.165, 1.54) is 6.42 Å². The number of hydrogen-bond donors (Lipinski definition) is 2. The molecule has 0 saturated heterocycles. The van der Waals surface area contributed by atoms with Gasteiger partial charge in [0.05, 0.1) is 5.69 Å². The van der Waals surface area contributed by atoms with Crippen molar-refractivity contribution < 1.29 is 10.0 Å². The van der Waals surface area contributed by atoms with Crippen LogP contribution >= 0.6 is 0 Å². The van der Waals surface area contributed by atoms with Crippen LogP contribution in [0.15, 0.2) is 29.4 Å². The summed E-state index contributed by atoms with van der Waals surface area (Å²) in [4.78, 5) is 14.5. The van der Waals surface area contributed by atoms with Gasteiger partial charge in [-0.25, -0.2) is 0 Å². The number of amidine groups is 1. The number of para-hydroxylation sites is 1. The van der Waals surface area contributed by atoms with E-state index in [2.05, 4.69) is 5.16 Å². The van der Waals surface area contributed by atoms with Crippen LogP contribution in [0.5, 0.6) is 0 Å². The molecule has 0 aliphatic heterocycles. The Bertz CT molecular complexity index is 548. The fourth-order valence-corrected chi connectivity index (χ4v) is 3.10. The summed E-state index contributed by atoms with van der Waals surface area (Å²) >= 11 is 0. The van der Waals surface area contributed by atoms with E-state index >= 15 is 0 Å². The van der Waals surface area contributed by atoms with Gasteiger partial charge >= 0.3 is 0 Å². The molecule has 0 heterocycles. The summed E-state index contributed by atoms with van der Waals surface area (Å²) in [7, 11) is 1.76. The van der Waals surface area contributed by atoms with Gasteiger partial charge in [-0.2, -0.15) is 0 Å². The number of benzene rings is 1. The maximum absolute atomic E-state index is 12.9.